The van der Waals surface area contributed by atoms with Crippen molar-refractivity contribution in [3.05, 3.63) is 39.8 Å². The molecule has 158 valence electrons. The number of nitrogens with one attached hydrogen (secondary N) is 1. The number of H-pyrrole nitrogens is 1. The molecule has 1 saturated carbocycles. The van der Waals surface area contributed by atoms with Crippen LogP contribution in [-0.2, 0) is 11.2 Å². The van der Waals surface area contributed by atoms with E-state index in [1.165, 1.54) is 6.42 Å². The van der Waals surface area contributed by atoms with Gasteiger partial charge in [0.05, 0.1) is 24.4 Å². The number of ether oxygens (including phenoxy) is 1. The van der Waals surface area contributed by atoms with Gasteiger partial charge in [0, 0.05) is 6.42 Å². The van der Waals surface area contributed by atoms with Crippen molar-refractivity contribution >= 4 is 17.0 Å². The van der Waals surface area contributed by atoms with Gasteiger partial charge in [0.25, 0.3) is 5.56 Å². The second-order valence-corrected chi connectivity index (χ2v) is 7.86. The molecule has 3 aromatic rings. The third-order valence-corrected chi connectivity index (χ3v) is 5.79. The predicted octanol–water partition coefficient (Wildman–Crippen LogP) is 3.63. The highest BCUT2D eigenvalue weighted by Crippen LogP contribution is 2.32. The number of aliphatic carboxylic acids is 1. The molecule has 0 amide bonds. The molecule has 0 unspecified atom stereocenters. The number of nitrogens with zero attached hydrogens (tertiary/aromatic N) is 3. The SMILES string of the molecule is COc1cc(CCC(=O)O)ccc1-c1nc2c(C)nn(C3CCCCC3)c2c(=O)[nH]1. The molecule has 2 N–H and O–H groups in total. The molecular formula is C22H26N4O4. The summed E-state index contributed by atoms with van der Waals surface area (Å²) in [6, 6.07) is 5.68. The van der Waals surface area contributed by atoms with E-state index in [0.717, 1.165) is 36.9 Å². The van der Waals surface area contributed by atoms with Gasteiger partial charge in [-0.3, -0.25) is 14.3 Å². The first-order valence-electron chi connectivity index (χ1n) is 10.4. The first kappa shape index (κ1) is 20.1. The van der Waals surface area contributed by atoms with E-state index in [4.69, 9.17) is 14.8 Å². The zero-order valence-electron chi connectivity index (χ0n) is 17.3. The summed E-state index contributed by atoms with van der Waals surface area (Å²) in [5.74, 6) is 0.109. The van der Waals surface area contributed by atoms with E-state index in [1.807, 2.05) is 17.7 Å². The van der Waals surface area contributed by atoms with Crippen molar-refractivity contribution in [1.82, 2.24) is 19.7 Å². The fraction of sp³-hybridized carbons (Fsp3) is 0.455. The van der Waals surface area contributed by atoms with Gasteiger partial charge in [-0.15, -0.1) is 0 Å². The van der Waals surface area contributed by atoms with E-state index in [0.29, 0.717) is 34.6 Å². The topological polar surface area (TPSA) is 110 Å². The van der Waals surface area contributed by atoms with E-state index < -0.39 is 5.97 Å². The Hall–Kier alpha value is -3.16. The maximum absolute atomic E-state index is 13.0. The molecule has 0 aliphatic heterocycles. The lowest BCUT2D eigenvalue weighted by Crippen LogP contribution is -2.19. The van der Waals surface area contributed by atoms with Crippen LogP contribution in [0.25, 0.3) is 22.4 Å². The number of rotatable bonds is 6. The van der Waals surface area contributed by atoms with E-state index in [2.05, 4.69) is 10.1 Å². The Balaban J connectivity index is 1.76. The van der Waals surface area contributed by atoms with Crippen LogP contribution in [0, 0.1) is 6.92 Å². The van der Waals surface area contributed by atoms with Crippen LogP contribution in [0.1, 0.15) is 55.8 Å². The Morgan fingerprint density at radius 1 is 1.30 bits per heavy atom. The maximum atomic E-state index is 13.0. The molecule has 1 aliphatic carbocycles. The lowest BCUT2D eigenvalue weighted by atomic mass is 9.95. The number of fused-ring (bicyclic) bond motifs is 1. The van der Waals surface area contributed by atoms with Crippen LogP contribution in [0.2, 0.25) is 0 Å². The third-order valence-electron chi connectivity index (χ3n) is 5.79. The quantitative estimate of drug-likeness (QED) is 0.642. The standard InChI is InChI=1S/C22H26N4O4/c1-13-19-20(26(25-13)15-6-4-3-5-7-15)22(29)24-21(23-19)16-10-8-14(9-11-18(27)28)12-17(16)30-2/h8,10,12,15H,3-7,9,11H2,1-2H3,(H,27,28)(H,23,24,29). The molecule has 1 aliphatic rings. The highest BCUT2D eigenvalue weighted by molar-refractivity contribution is 5.79. The highest BCUT2D eigenvalue weighted by atomic mass is 16.5. The van der Waals surface area contributed by atoms with Crippen LogP contribution >= 0.6 is 0 Å². The van der Waals surface area contributed by atoms with Crippen LogP contribution < -0.4 is 10.3 Å². The van der Waals surface area contributed by atoms with Gasteiger partial charge in [-0.25, -0.2) is 4.98 Å². The van der Waals surface area contributed by atoms with Gasteiger partial charge in [-0.1, -0.05) is 25.3 Å². The van der Waals surface area contributed by atoms with E-state index in [-0.39, 0.29) is 18.0 Å². The summed E-state index contributed by atoms with van der Waals surface area (Å²) >= 11 is 0. The maximum Gasteiger partial charge on any atom is 0.303 e. The van der Waals surface area contributed by atoms with Crippen molar-refractivity contribution in [3.63, 3.8) is 0 Å². The largest absolute Gasteiger partial charge is 0.496 e. The van der Waals surface area contributed by atoms with Crippen LogP contribution in [0.15, 0.2) is 23.0 Å². The fourth-order valence-electron chi connectivity index (χ4n) is 4.25. The number of hydrogen-bond donors (Lipinski definition) is 2. The number of aryl methyl sites for hydroxylation is 2. The van der Waals surface area contributed by atoms with Crippen molar-refractivity contribution < 1.29 is 14.6 Å². The summed E-state index contributed by atoms with van der Waals surface area (Å²) in [5.41, 5.74) is 3.16. The molecule has 2 heterocycles. The van der Waals surface area contributed by atoms with Gasteiger partial charge in [0.2, 0.25) is 0 Å². The Bertz CT molecular complexity index is 1140. The van der Waals surface area contributed by atoms with Gasteiger partial charge in [0.15, 0.2) is 5.52 Å². The Kier molecular flexibility index (Phi) is 5.57. The van der Waals surface area contributed by atoms with Gasteiger partial charge in [-0.2, -0.15) is 5.10 Å². The Morgan fingerprint density at radius 2 is 2.07 bits per heavy atom. The number of carboxylic acid groups (broad SMARTS) is 1. The van der Waals surface area contributed by atoms with Crippen LogP contribution in [-0.4, -0.2) is 37.9 Å². The number of benzene rings is 1. The monoisotopic (exact) mass is 410 g/mol. The molecule has 4 rings (SSSR count). The zero-order valence-corrected chi connectivity index (χ0v) is 17.3. The molecule has 0 radical (unpaired) electrons. The minimum atomic E-state index is -0.847. The Labute approximate surface area is 173 Å². The average molecular weight is 410 g/mol. The lowest BCUT2D eigenvalue weighted by molar-refractivity contribution is -0.136. The van der Waals surface area contributed by atoms with Gasteiger partial charge in [-0.05, 0) is 43.9 Å². The first-order valence-corrected chi connectivity index (χ1v) is 10.4. The Morgan fingerprint density at radius 3 is 2.77 bits per heavy atom. The highest BCUT2D eigenvalue weighted by Gasteiger charge is 2.23. The van der Waals surface area contributed by atoms with E-state index in [1.54, 1.807) is 19.2 Å². The number of aromatic amines is 1. The van der Waals surface area contributed by atoms with Crippen molar-refractivity contribution in [1.29, 1.82) is 0 Å². The second kappa shape index (κ2) is 8.30. The van der Waals surface area contributed by atoms with Crippen molar-refractivity contribution in [2.45, 2.75) is 57.9 Å². The molecule has 2 aromatic heterocycles. The molecule has 30 heavy (non-hydrogen) atoms. The van der Waals surface area contributed by atoms with Crippen molar-refractivity contribution in [2.75, 3.05) is 7.11 Å². The smallest absolute Gasteiger partial charge is 0.303 e. The van der Waals surface area contributed by atoms with Gasteiger partial charge < -0.3 is 14.8 Å². The molecule has 8 nitrogen and oxygen atoms in total. The summed E-state index contributed by atoms with van der Waals surface area (Å²) in [6.45, 7) is 1.88. The summed E-state index contributed by atoms with van der Waals surface area (Å²) < 4.78 is 7.37. The second-order valence-electron chi connectivity index (χ2n) is 7.86. The van der Waals surface area contributed by atoms with Crippen LogP contribution in [0.5, 0.6) is 5.75 Å². The fourth-order valence-corrected chi connectivity index (χ4v) is 4.25. The number of aromatic nitrogens is 4. The number of carboxylic acids is 1. The molecule has 0 saturated heterocycles. The zero-order chi connectivity index (χ0) is 21.3. The van der Waals surface area contributed by atoms with Gasteiger partial charge in [0.1, 0.15) is 17.1 Å². The summed E-state index contributed by atoms with van der Waals surface area (Å²) in [7, 11) is 1.54. The van der Waals surface area contributed by atoms with Crippen molar-refractivity contribution in [3.8, 4) is 17.1 Å². The molecule has 8 heteroatoms. The number of carbonyl (C=O) groups is 1. The first-order chi connectivity index (χ1) is 14.5. The molecule has 0 spiro atoms. The van der Waals surface area contributed by atoms with Crippen molar-refractivity contribution in [2.24, 2.45) is 0 Å². The minimum Gasteiger partial charge on any atom is -0.496 e. The molecule has 0 bridgehead atoms. The predicted molar refractivity (Wildman–Crippen MR) is 113 cm³/mol. The number of hydrogen-bond acceptors (Lipinski definition) is 5. The molecule has 1 fully saturated rings. The molecule has 0 atom stereocenters. The normalized spacial score (nSPS) is 14.9. The molecular weight excluding hydrogens is 384 g/mol. The van der Waals surface area contributed by atoms with Crippen LogP contribution in [0.4, 0.5) is 0 Å². The van der Waals surface area contributed by atoms with E-state index >= 15 is 0 Å². The average Bonchev–Trinajstić information content (AvgIpc) is 3.09. The van der Waals surface area contributed by atoms with E-state index in [9.17, 15) is 9.59 Å². The third kappa shape index (κ3) is 3.81. The summed E-state index contributed by atoms with van der Waals surface area (Å²) in [5, 5.41) is 13.6. The number of methoxy groups -OCH3 is 1. The minimum absolute atomic E-state index is 0.0447. The lowest BCUT2D eigenvalue weighted by Gasteiger charge is -2.22. The summed E-state index contributed by atoms with van der Waals surface area (Å²) in [6.07, 6.45) is 6.05. The van der Waals surface area contributed by atoms with Gasteiger partial charge >= 0.3 is 5.97 Å². The summed E-state index contributed by atoms with van der Waals surface area (Å²) in [4.78, 5) is 31.5. The van der Waals surface area contributed by atoms with Crippen LogP contribution in [0.3, 0.4) is 0 Å². The molecule has 1 aromatic carbocycles.